The van der Waals surface area contributed by atoms with E-state index in [0.29, 0.717) is 43.4 Å². The molecule has 1 fully saturated rings. The van der Waals surface area contributed by atoms with Crippen LogP contribution in [0.5, 0.6) is 11.5 Å². The zero-order valence-corrected chi connectivity index (χ0v) is 21.8. The van der Waals surface area contributed by atoms with Crippen LogP contribution < -0.4 is 19.5 Å². The molecular formula is C29H38N2O5. The van der Waals surface area contributed by atoms with E-state index in [1.54, 1.807) is 29.2 Å². The molecule has 1 unspecified atom stereocenters. The van der Waals surface area contributed by atoms with Crippen molar-refractivity contribution in [2.45, 2.75) is 46.6 Å². The molecule has 36 heavy (non-hydrogen) atoms. The summed E-state index contributed by atoms with van der Waals surface area (Å²) in [5.74, 6) is -0.396. The number of nitrogens with one attached hydrogen (secondary N) is 1. The lowest BCUT2D eigenvalue weighted by Gasteiger charge is -2.28. The molecule has 0 aromatic heterocycles. The Hall–Kier alpha value is -3.32. The molecule has 2 aromatic carbocycles. The van der Waals surface area contributed by atoms with Gasteiger partial charge in [0, 0.05) is 5.57 Å². The van der Waals surface area contributed by atoms with Crippen molar-refractivity contribution in [1.29, 1.82) is 0 Å². The van der Waals surface area contributed by atoms with E-state index in [4.69, 9.17) is 9.47 Å². The fraction of sp³-hybridized carbons (Fsp3) is 0.448. The summed E-state index contributed by atoms with van der Waals surface area (Å²) >= 11 is 0. The average Bonchev–Trinajstić information content (AvgIpc) is 3.16. The van der Waals surface area contributed by atoms with Gasteiger partial charge in [0.2, 0.25) is 5.78 Å². The minimum atomic E-state index is -0.733. The Kier molecular flexibility index (Phi) is 9.94. The Bertz CT molecular complexity index is 1040. The van der Waals surface area contributed by atoms with Crippen molar-refractivity contribution in [3.8, 4) is 11.5 Å². The summed E-state index contributed by atoms with van der Waals surface area (Å²) < 4.78 is 11.3. The molecule has 1 aliphatic heterocycles. The SMILES string of the molecule is CCCOc1ccc(/C([O-])=C2\C(=O)C(=O)N(CC[NH+](CC)CC)C2c2ccc(OCCC)cc2)cc1. The van der Waals surface area contributed by atoms with Crippen molar-refractivity contribution >= 4 is 17.4 Å². The number of carbonyl (C=O) groups excluding carboxylic acids is 2. The van der Waals surface area contributed by atoms with Gasteiger partial charge in [-0.05, 0) is 62.1 Å². The second-order valence-corrected chi connectivity index (χ2v) is 8.97. The highest BCUT2D eigenvalue weighted by Gasteiger charge is 2.44. The number of ether oxygens (including phenoxy) is 2. The van der Waals surface area contributed by atoms with Gasteiger partial charge in [-0.2, -0.15) is 0 Å². The van der Waals surface area contributed by atoms with E-state index < -0.39 is 23.5 Å². The first-order chi connectivity index (χ1) is 17.4. The molecule has 7 heteroatoms. The van der Waals surface area contributed by atoms with Gasteiger partial charge in [0.1, 0.15) is 11.5 Å². The first-order valence-electron chi connectivity index (χ1n) is 13.0. The highest BCUT2D eigenvalue weighted by molar-refractivity contribution is 6.46. The van der Waals surface area contributed by atoms with Gasteiger partial charge in [-0.1, -0.05) is 43.9 Å². The van der Waals surface area contributed by atoms with E-state index in [1.807, 2.05) is 38.1 Å². The van der Waals surface area contributed by atoms with Crippen LogP contribution in [0, 0.1) is 0 Å². The number of hydrogen-bond acceptors (Lipinski definition) is 5. The first kappa shape index (κ1) is 27.3. The van der Waals surface area contributed by atoms with Crippen molar-refractivity contribution < 1.29 is 29.1 Å². The van der Waals surface area contributed by atoms with Gasteiger partial charge in [0.15, 0.2) is 0 Å². The molecule has 194 valence electrons. The highest BCUT2D eigenvalue weighted by atomic mass is 16.5. The summed E-state index contributed by atoms with van der Waals surface area (Å²) in [6.45, 7) is 12.4. The van der Waals surface area contributed by atoms with Crippen LogP contribution in [0.25, 0.3) is 5.76 Å². The molecule has 1 heterocycles. The monoisotopic (exact) mass is 494 g/mol. The summed E-state index contributed by atoms with van der Waals surface area (Å²) in [5.41, 5.74) is 1.08. The van der Waals surface area contributed by atoms with Gasteiger partial charge in [0.05, 0.1) is 45.4 Å². The Morgan fingerprint density at radius 1 is 0.861 bits per heavy atom. The summed E-state index contributed by atoms with van der Waals surface area (Å²) in [5, 5.41) is 13.6. The van der Waals surface area contributed by atoms with Crippen LogP contribution in [-0.4, -0.2) is 56.0 Å². The maximum absolute atomic E-state index is 13.6. The molecule has 2 aromatic rings. The standard InChI is InChI=1S/C29H38N2O5/c1-5-19-35-23-13-9-21(10-14-23)26-25(27(32)22-11-15-24(16-12-22)36-20-6-2)28(33)29(34)31(26)18-17-30(7-3)8-4/h9-16,26,32H,5-8,17-20H2,1-4H3/b27-25+. The molecule has 0 spiro atoms. The van der Waals surface area contributed by atoms with Gasteiger partial charge < -0.3 is 24.4 Å². The van der Waals surface area contributed by atoms with E-state index in [0.717, 1.165) is 31.5 Å². The third-order valence-electron chi connectivity index (χ3n) is 6.49. The smallest absolute Gasteiger partial charge is 0.295 e. The van der Waals surface area contributed by atoms with Gasteiger partial charge in [-0.15, -0.1) is 0 Å². The number of benzene rings is 2. The number of ketones is 1. The summed E-state index contributed by atoms with van der Waals surface area (Å²) in [6.07, 6.45) is 1.77. The number of nitrogens with zero attached hydrogens (tertiary/aromatic N) is 1. The molecule has 1 aliphatic rings. The van der Waals surface area contributed by atoms with E-state index in [-0.39, 0.29) is 5.57 Å². The minimum Gasteiger partial charge on any atom is -0.872 e. The van der Waals surface area contributed by atoms with Crippen molar-refractivity contribution in [3.63, 3.8) is 0 Å². The van der Waals surface area contributed by atoms with Crippen molar-refractivity contribution in [3.05, 3.63) is 65.2 Å². The van der Waals surface area contributed by atoms with Crippen molar-refractivity contribution in [2.24, 2.45) is 0 Å². The third-order valence-corrected chi connectivity index (χ3v) is 6.49. The van der Waals surface area contributed by atoms with E-state index in [2.05, 4.69) is 13.8 Å². The third kappa shape index (κ3) is 6.26. The van der Waals surface area contributed by atoms with Gasteiger partial charge >= 0.3 is 0 Å². The normalized spacial score (nSPS) is 17.1. The number of amides is 1. The Labute approximate surface area is 214 Å². The molecule has 1 atom stereocenters. The molecule has 0 bridgehead atoms. The fourth-order valence-corrected chi connectivity index (χ4v) is 4.37. The molecular weight excluding hydrogens is 456 g/mol. The minimum absolute atomic E-state index is 0.000926. The van der Waals surface area contributed by atoms with Crippen LogP contribution in [0.3, 0.4) is 0 Å². The van der Waals surface area contributed by atoms with E-state index in [9.17, 15) is 14.7 Å². The van der Waals surface area contributed by atoms with Crippen molar-refractivity contribution in [1.82, 2.24) is 4.90 Å². The second-order valence-electron chi connectivity index (χ2n) is 8.97. The maximum atomic E-state index is 13.6. The van der Waals surface area contributed by atoms with Crippen LogP contribution in [0.1, 0.15) is 57.7 Å². The van der Waals surface area contributed by atoms with Crippen LogP contribution >= 0.6 is 0 Å². The number of hydrogen-bond donors (Lipinski definition) is 1. The molecule has 7 nitrogen and oxygen atoms in total. The number of rotatable bonds is 13. The zero-order chi connectivity index (χ0) is 26.1. The van der Waals surface area contributed by atoms with Crippen LogP contribution in [0.2, 0.25) is 0 Å². The quantitative estimate of drug-likeness (QED) is 0.263. The number of carbonyl (C=O) groups is 2. The predicted molar refractivity (Wildman–Crippen MR) is 138 cm³/mol. The van der Waals surface area contributed by atoms with Gasteiger partial charge in [0.25, 0.3) is 5.91 Å². The number of likely N-dealkylation sites (tertiary alicyclic amines) is 1. The number of likely N-dealkylation sites (N-methyl/N-ethyl adjacent to an activating group) is 1. The van der Waals surface area contributed by atoms with Crippen LogP contribution in [0.15, 0.2) is 54.1 Å². The molecule has 1 N–H and O–H groups in total. The molecule has 0 radical (unpaired) electrons. The first-order valence-corrected chi connectivity index (χ1v) is 13.0. The average molecular weight is 495 g/mol. The van der Waals surface area contributed by atoms with E-state index >= 15 is 0 Å². The Morgan fingerprint density at radius 3 is 1.89 bits per heavy atom. The summed E-state index contributed by atoms with van der Waals surface area (Å²) in [6, 6.07) is 13.4. The van der Waals surface area contributed by atoms with Gasteiger partial charge in [-0.3, -0.25) is 9.59 Å². The second kappa shape index (κ2) is 13.1. The summed E-state index contributed by atoms with van der Waals surface area (Å²) in [4.78, 5) is 29.2. The lowest BCUT2D eigenvalue weighted by Crippen LogP contribution is -3.12. The lowest BCUT2D eigenvalue weighted by atomic mass is 9.95. The van der Waals surface area contributed by atoms with Gasteiger partial charge in [-0.25, -0.2) is 0 Å². The number of quaternary nitrogens is 1. The molecule has 1 amide bonds. The Morgan fingerprint density at radius 2 is 1.39 bits per heavy atom. The lowest BCUT2D eigenvalue weighted by molar-refractivity contribution is -0.895. The van der Waals surface area contributed by atoms with Crippen LogP contribution in [-0.2, 0) is 9.59 Å². The predicted octanol–water partition coefficient (Wildman–Crippen LogP) is 2.41. The summed E-state index contributed by atoms with van der Waals surface area (Å²) in [7, 11) is 0. The number of Topliss-reactive ketones (excluding diaryl/α,β-unsaturated/α-hetero) is 1. The molecule has 3 rings (SSSR count). The maximum Gasteiger partial charge on any atom is 0.295 e. The molecule has 1 saturated heterocycles. The largest absolute Gasteiger partial charge is 0.872 e. The zero-order valence-electron chi connectivity index (χ0n) is 21.8. The molecule has 0 aliphatic carbocycles. The highest BCUT2D eigenvalue weighted by Crippen LogP contribution is 2.39. The molecule has 0 saturated carbocycles. The fourth-order valence-electron chi connectivity index (χ4n) is 4.37. The van der Waals surface area contributed by atoms with Crippen LogP contribution in [0.4, 0.5) is 0 Å². The Balaban J connectivity index is 2.01. The van der Waals surface area contributed by atoms with Crippen molar-refractivity contribution in [2.75, 3.05) is 39.4 Å². The van der Waals surface area contributed by atoms with E-state index in [1.165, 1.54) is 4.90 Å². The topological polar surface area (TPSA) is 83.3 Å².